The van der Waals surface area contributed by atoms with Crippen LogP contribution in [-0.4, -0.2) is 34.2 Å². The number of piperidine rings is 1. The quantitative estimate of drug-likeness (QED) is 0.941. The molecule has 2 aromatic rings. The largest absolute Gasteiger partial charge is 0.361 e. The molecule has 0 aliphatic carbocycles. The monoisotopic (exact) mass is 284 g/mol. The Bertz CT molecular complexity index is 674. The average molecular weight is 284 g/mol. The number of amides is 1. The summed E-state index contributed by atoms with van der Waals surface area (Å²) < 4.78 is 0. The summed E-state index contributed by atoms with van der Waals surface area (Å²) in [6.07, 6.45) is 5.11. The predicted octanol–water partition coefficient (Wildman–Crippen LogP) is 3.14. The summed E-state index contributed by atoms with van der Waals surface area (Å²) in [5, 5.41) is 1.02. The van der Waals surface area contributed by atoms with Gasteiger partial charge < -0.3 is 9.88 Å². The molecule has 110 valence electrons. The van der Waals surface area contributed by atoms with E-state index in [2.05, 4.69) is 4.98 Å². The predicted molar refractivity (Wildman–Crippen MR) is 82.3 cm³/mol. The van der Waals surface area contributed by atoms with Crippen molar-refractivity contribution >= 4 is 22.6 Å². The second-order valence-electron chi connectivity index (χ2n) is 5.58. The fourth-order valence-corrected chi connectivity index (χ4v) is 3.16. The minimum absolute atomic E-state index is 0.0328. The second kappa shape index (κ2) is 5.72. The Morgan fingerprint density at radius 3 is 2.95 bits per heavy atom. The lowest BCUT2D eigenvalue weighted by molar-refractivity contribution is -0.124. The number of nitrogens with one attached hydrogen (secondary N) is 1. The molecule has 1 aliphatic rings. The molecule has 3 rings (SSSR count). The number of carbonyl (C=O) groups excluding carboxylic acids is 2. The van der Waals surface area contributed by atoms with E-state index >= 15 is 0 Å². The fraction of sp³-hybridized carbons (Fsp3) is 0.412. The van der Waals surface area contributed by atoms with Gasteiger partial charge in [-0.2, -0.15) is 0 Å². The second-order valence-corrected chi connectivity index (χ2v) is 5.58. The first-order valence-corrected chi connectivity index (χ1v) is 7.62. The van der Waals surface area contributed by atoms with Crippen molar-refractivity contribution in [2.24, 2.45) is 0 Å². The molecule has 21 heavy (non-hydrogen) atoms. The number of Topliss-reactive ketones (excluding diaryl/α,β-unsaturated/α-hetero) is 1. The molecule has 0 radical (unpaired) electrons. The fourth-order valence-electron chi connectivity index (χ4n) is 3.16. The number of benzene rings is 1. The average Bonchev–Trinajstić information content (AvgIpc) is 3.02. The number of aromatic nitrogens is 1. The molecule has 4 nitrogen and oxygen atoms in total. The van der Waals surface area contributed by atoms with Gasteiger partial charge in [-0.25, -0.2) is 0 Å². The van der Waals surface area contributed by atoms with Crippen LogP contribution in [0.1, 0.15) is 43.0 Å². The van der Waals surface area contributed by atoms with Crippen LogP contribution in [0, 0.1) is 0 Å². The van der Waals surface area contributed by atoms with Crippen molar-refractivity contribution in [3.8, 4) is 0 Å². The van der Waals surface area contributed by atoms with E-state index in [9.17, 15) is 9.59 Å². The number of hydrogen-bond donors (Lipinski definition) is 1. The normalized spacial score (nSPS) is 18.9. The van der Waals surface area contributed by atoms with Gasteiger partial charge in [-0.1, -0.05) is 19.1 Å². The van der Waals surface area contributed by atoms with E-state index in [-0.39, 0.29) is 17.7 Å². The van der Waals surface area contributed by atoms with Crippen molar-refractivity contribution in [3.63, 3.8) is 0 Å². The zero-order valence-electron chi connectivity index (χ0n) is 12.3. The molecule has 1 atom stereocenters. The Hall–Kier alpha value is -2.10. The van der Waals surface area contributed by atoms with Gasteiger partial charge in [-0.05, 0) is 31.4 Å². The molecular weight excluding hydrogens is 264 g/mol. The number of hydrogen-bond acceptors (Lipinski definition) is 2. The van der Waals surface area contributed by atoms with Crippen LogP contribution in [0.4, 0.5) is 0 Å². The summed E-state index contributed by atoms with van der Waals surface area (Å²) in [5.74, 6) is 0.135. The van der Waals surface area contributed by atoms with E-state index in [1.165, 1.54) is 0 Å². The Morgan fingerprint density at radius 2 is 2.14 bits per heavy atom. The highest BCUT2D eigenvalue weighted by Gasteiger charge is 2.32. The maximum absolute atomic E-state index is 12.9. The third-order valence-electron chi connectivity index (χ3n) is 4.30. The van der Waals surface area contributed by atoms with Crippen molar-refractivity contribution in [1.82, 2.24) is 9.88 Å². The van der Waals surface area contributed by atoms with E-state index in [0.29, 0.717) is 18.5 Å². The maximum atomic E-state index is 12.9. The topological polar surface area (TPSA) is 53.2 Å². The molecule has 0 unspecified atom stereocenters. The van der Waals surface area contributed by atoms with Gasteiger partial charge in [-0.15, -0.1) is 0 Å². The highest BCUT2D eigenvalue weighted by molar-refractivity contribution is 6.07. The Morgan fingerprint density at radius 1 is 1.29 bits per heavy atom. The van der Waals surface area contributed by atoms with Crippen LogP contribution in [0.15, 0.2) is 30.5 Å². The van der Waals surface area contributed by atoms with E-state index in [4.69, 9.17) is 0 Å². The number of fused-ring (bicyclic) bond motifs is 1. The summed E-state index contributed by atoms with van der Waals surface area (Å²) in [5.41, 5.74) is 1.52. The van der Waals surface area contributed by atoms with Crippen molar-refractivity contribution in [2.45, 2.75) is 38.6 Å². The summed E-state index contributed by atoms with van der Waals surface area (Å²) in [6.45, 7) is 2.54. The lowest BCUT2D eigenvalue weighted by Gasteiger charge is -2.34. The van der Waals surface area contributed by atoms with Crippen LogP contribution in [-0.2, 0) is 4.79 Å². The van der Waals surface area contributed by atoms with Crippen LogP contribution in [0.2, 0.25) is 0 Å². The van der Waals surface area contributed by atoms with Crippen LogP contribution >= 0.6 is 0 Å². The Balaban J connectivity index is 1.96. The Kier molecular flexibility index (Phi) is 3.78. The molecule has 1 aromatic heterocycles. The van der Waals surface area contributed by atoms with Crippen LogP contribution in [0.5, 0.6) is 0 Å². The molecule has 4 heteroatoms. The van der Waals surface area contributed by atoms with Crippen LogP contribution < -0.4 is 0 Å². The van der Waals surface area contributed by atoms with Gasteiger partial charge in [0.1, 0.15) is 0 Å². The molecule has 2 heterocycles. The molecule has 0 saturated carbocycles. The zero-order chi connectivity index (χ0) is 14.8. The number of carbonyl (C=O) groups is 2. The summed E-state index contributed by atoms with van der Waals surface area (Å²) in [4.78, 5) is 29.9. The zero-order valence-corrected chi connectivity index (χ0v) is 12.3. The molecular formula is C17H20N2O2. The number of nitrogens with zero attached hydrogens (tertiary/aromatic N) is 1. The molecule has 1 fully saturated rings. The summed E-state index contributed by atoms with van der Waals surface area (Å²) >= 11 is 0. The van der Waals surface area contributed by atoms with Crippen LogP contribution in [0.25, 0.3) is 10.9 Å². The van der Waals surface area contributed by atoms with Gasteiger partial charge in [0.05, 0.1) is 17.1 Å². The van der Waals surface area contributed by atoms with Crippen LogP contribution in [0.3, 0.4) is 0 Å². The molecule has 1 amide bonds. The first kappa shape index (κ1) is 13.9. The summed E-state index contributed by atoms with van der Waals surface area (Å²) in [7, 11) is 0. The number of likely N-dealkylation sites (tertiary alicyclic amines) is 1. The molecule has 0 bridgehead atoms. The van der Waals surface area contributed by atoms with Gasteiger partial charge in [-0.3, -0.25) is 9.59 Å². The number of aromatic amines is 1. The molecule has 1 aliphatic heterocycles. The van der Waals surface area contributed by atoms with E-state index in [1.807, 2.05) is 37.4 Å². The minimum atomic E-state index is -0.249. The first-order chi connectivity index (χ1) is 10.2. The van der Waals surface area contributed by atoms with Crippen molar-refractivity contribution < 1.29 is 9.59 Å². The van der Waals surface area contributed by atoms with Crippen molar-refractivity contribution in [2.75, 3.05) is 6.54 Å². The lowest BCUT2D eigenvalue weighted by atomic mass is 9.96. The minimum Gasteiger partial charge on any atom is -0.361 e. The molecule has 1 N–H and O–H groups in total. The highest BCUT2D eigenvalue weighted by atomic mass is 16.2. The van der Waals surface area contributed by atoms with Gasteiger partial charge >= 0.3 is 0 Å². The maximum Gasteiger partial charge on any atom is 0.256 e. The van der Waals surface area contributed by atoms with Gasteiger partial charge in [0.25, 0.3) is 5.91 Å². The lowest BCUT2D eigenvalue weighted by Crippen LogP contribution is -2.47. The molecule has 1 aromatic carbocycles. The van der Waals surface area contributed by atoms with Gasteiger partial charge in [0, 0.05) is 24.5 Å². The number of rotatable bonds is 3. The third-order valence-corrected chi connectivity index (χ3v) is 4.30. The number of para-hydroxylation sites is 1. The molecule has 1 saturated heterocycles. The number of H-pyrrole nitrogens is 1. The highest BCUT2D eigenvalue weighted by Crippen LogP contribution is 2.24. The standard InChI is InChI=1S/C17H20N2O2/c1-2-15(20)14-8-3-4-11-19(14)17(21)13-7-5-6-12-9-10-18-16(12)13/h5-7,9-10,14,18H,2-4,8,11H2,1H3/t14-/m0/s1. The van der Waals surface area contributed by atoms with Crippen molar-refractivity contribution in [3.05, 3.63) is 36.0 Å². The van der Waals surface area contributed by atoms with E-state index in [1.54, 1.807) is 4.90 Å². The Labute approximate surface area is 124 Å². The van der Waals surface area contributed by atoms with Gasteiger partial charge in [0.2, 0.25) is 0 Å². The van der Waals surface area contributed by atoms with E-state index in [0.717, 1.165) is 30.2 Å². The van der Waals surface area contributed by atoms with Crippen molar-refractivity contribution in [1.29, 1.82) is 0 Å². The van der Waals surface area contributed by atoms with E-state index < -0.39 is 0 Å². The SMILES string of the molecule is CCC(=O)[C@@H]1CCCCN1C(=O)c1cccc2cc[nH]c12. The third kappa shape index (κ3) is 2.46. The van der Waals surface area contributed by atoms with Gasteiger partial charge in [0.15, 0.2) is 5.78 Å². The first-order valence-electron chi connectivity index (χ1n) is 7.62. The summed E-state index contributed by atoms with van der Waals surface area (Å²) in [6, 6.07) is 7.42. The smallest absolute Gasteiger partial charge is 0.256 e. The number of ketones is 1. The molecule has 0 spiro atoms.